The normalized spacial score (nSPS) is 58.8. The lowest BCUT2D eigenvalue weighted by molar-refractivity contribution is -0.303. The molecule has 5 saturated carbocycles. The quantitative estimate of drug-likeness (QED) is 0.260. The van der Waals surface area contributed by atoms with Crippen molar-refractivity contribution >= 4 is 5.97 Å². The first kappa shape index (κ1) is 33.3. The molecule has 3 heterocycles. The fourth-order valence-electron chi connectivity index (χ4n) is 14.4. The first-order chi connectivity index (χ1) is 21.8. The number of hydrogen-bond donors (Lipinski definition) is 4. The third-order valence-electron chi connectivity index (χ3n) is 16.3. The molecule has 8 aliphatic rings. The van der Waals surface area contributed by atoms with Crippen LogP contribution in [-0.4, -0.2) is 93.4 Å². The van der Waals surface area contributed by atoms with E-state index < -0.39 is 53.6 Å². The molecule has 0 aromatic carbocycles. The van der Waals surface area contributed by atoms with E-state index in [0.717, 1.165) is 51.4 Å². The number of hydrogen-bond acceptors (Lipinski definition) is 10. The van der Waals surface area contributed by atoms with Gasteiger partial charge in [0.15, 0.2) is 12.1 Å². The van der Waals surface area contributed by atoms with Crippen LogP contribution in [0.1, 0.15) is 107 Å². The maximum atomic E-state index is 12.8. The number of aliphatic hydroxyl groups excluding tert-OH is 4. The van der Waals surface area contributed by atoms with Crippen LogP contribution in [0.2, 0.25) is 0 Å². The molecule has 266 valence electrons. The van der Waals surface area contributed by atoms with Gasteiger partial charge >= 0.3 is 5.97 Å². The maximum Gasteiger partial charge on any atom is 0.303 e. The van der Waals surface area contributed by atoms with Crippen LogP contribution in [0.5, 0.6) is 0 Å². The van der Waals surface area contributed by atoms with Gasteiger partial charge in [-0.3, -0.25) is 4.79 Å². The Balaban J connectivity index is 1.09. The molecule has 8 fully saturated rings. The molecule has 0 radical (unpaired) electrons. The molecule has 2 bridgehead atoms. The molecule has 10 heteroatoms. The lowest BCUT2D eigenvalue weighted by Gasteiger charge is -2.63. The van der Waals surface area contributed by atoms with Gasteiger partial charge < -0.3 is 44.1 Å². The number of carbonyl (C=O) groups is 1. The molecule has 0 aromatic heterocycles. The van der Waals surface area contributed by atoms with Gasteiger partial charge in [0.2, 0.25) is 0 Å². The Morgan fingerprint density at radius 2 is 1.57 bits per heavy atom. The summed E-state index contributed by atoms with van der Waals surface area (Å²) in [7, 11) is 0. The number of fused-ring (bicyclic) bond motifs is 4. The van der Waals surface area contributed by atoms with E-state index in [1.165, 1.54) is 6.92 Å². The van der Waals surface area contributed by atoms with Crippen molar-refractivity contribution in [2.45, 2.75) is 167 Å². The van der Waals surface area contributed by atoms with E-state index in [1.807, 2.05) is 13.8 Å². The molecule has 47 heavy (non-hydrogen) atoms. The van der Waals surface area contributed by atoms with Crippen LogP contribution in [-0.2, 0) is 28.5 Å². The summed E-state index contributed by atoms with van der Waals surface area (Å²) < 4.78 is 31.9. The van der Waals surface area contributed by atoms with Crippen molar-refractivity contribution in [2.75, 3.05) is 6.61 Å². The topological polar surface area (TPSA) is 144 Å². The summed E-state index contributed by atoms with van der Waals surface area (Å²) in [4.78, 5) is 12.1. The number of rotatable bonds is 4. The van der Waals surface area contributed by atoms with Crippen molar-refractivity contribution in [3.63, 3.8) is 0 Å². The largest absolute Gasteiger partial charge is 0.457 e. The van der Waals surface area contributed by atoms with E-state index in [0.29, 0.717) is 11.8 Å². The van der Waals surface area contributed by atoms with Gasteiger partial charge in [0, 0.05) is 18.3 Å². The third kappa shape index (κ3) is 3.88. The number of esters is 1. The molecule has 8 rings (SSSR count). The van der Waals surface area contributed by atoms with Crippen molar-refractivity contribution in [2.24, 2.45) is 50.7 Å². The maximum absolute atomic E-state index is 12.8. The van der Waals surface area contributed by atoms with Crippen LogP contribution in [0.3, 0.4) is 0 Å². The zero-order chi connectivity index (χ0) is 33.9. The number of aliphatic hydroxyl groups is 4. The highest BCUT2D eigenvalue weighted by atomic mass is 16.8. The Hall–Kier alpha value is -0.850. The lowest BCUT2D eigenvalue weighted by atomic mass is 9.41. The van der Waals surface area contributed by atoms with Gasteiger partial charge in [-0.15, -0.1) is 0 Å². The van der Waals surface area contributed by atoms with Crippen molar-refractivity contribution in [3.05, 3.63) is 0 Å². The first-order valence-corrected chi connectivity index (χ1v) is 18.4. The van der Waals surface area contributed by atoms with Crippen LogP contribution >= 0.6 is 0 Å². The van der Waals surface area contributed by atoms with Crippen LogP contribution in [0.25, 0.3) is 0 Å². The van der Waals surface area contributed by atoms with Gasteiger partial charge in [-0.1, -0.05) is 34.6 Å². The minimum atomic E-state index is -1.29. The van der Waals surface area contributed by atoms with Crippen molar-refractivity contribution in [1.29, 1.82) is 0 Å². The minimum Gasteiger partial charge on any atom is -0.457 e. The molecule has 0 amide bonds. The zero-order valence-corrected chi connectivity index (χ0v) is 29.5. The van der Waals surface area contributed by atoms with E-state index >= 15 is 0 Å². The molecule has 4 N–H and O–H groups in total. The Kier molecular flexibility index (Phi) is 7.03. The summed E-state index contributed by atoms with van der Waals surface area (Å²) in [6, 6.07) is 0. The van der Waals surface area contributed by atoms with Crippen LogP contribution in [0, 0.1) is 50.7 Å². The van der Waals surface area contributed by atoms with E-state index in [9.17, 15) is 25.2 Å². The van der Waals surface area contributed by atoms with E-state index in [1.54, 1.807) is 0 Å². The van der Waals surface area contributed by atoms with E-state index in [4.69, 9.17) is 23.7 Å². The molecule has 3 aliphatic heterocycles. The van der Waals surface area contributed by atoms with Gasteiger partial charge in [-0.05, 0) is 105 Å². The molecule has 10 nitrogen and oxygen atoms in total. The van der Waals surface area contributed by atoms with Gasteiger partial charge in [0.25, 0.3) is 0 Å². The van der Waals surface area contributed by atoms with Crippen LogP contribution in [0.4, 0.5) is 0 Å². The molecule has 5 aliphatic carbocycles. The first-order valence-electron chi connectivity index (χ1n) is 18.4. The highest BCUT2D eigenvalue weighted by molar-refractivity contribution is 5.66. The highest BCUT2D eigenvalue weighted by Gasteiger charge is 2.88. The average Bonchev–Trinajstić information content (AvgIpc) is 3.49. The molecule has 3 saturated heterocycles. The molecule has 0 aromatic rings. The van der Waals surface area contributed by atoms with Gasteiger partial charge in [0.1, 0.15) is 36.1 Å². The van der Waals surface area contributed by atoms with E-state index in [-0.39, 0.29) is 58.3 Å². The highest BCUT2D eigenvalue weighted by Crippen LogP contribution is 2.90. The van der Waals surface area contributed by atoms with Crippen molar-refractivity contribution < 1.29 is 48.9 Å². The summed E-state index contributed by atoms with van der Waals surface area (Å²) in [6.07, 6.45) is 1.72. The Morgan fingerprint density at radius 1 is 0.894 bits per heavy atom. The summed E-state index contributed by atoms with van der Waals surface area (Å²) in [5, 5.41) is 43.7. The molecule has 17 atom stereocenters. The second-order valence-corrected chi connectivity index (χ2v) is 18.8. The fourth-order valence-corrected chi connectivity index (χ4v) is 14.4. The van der Waals surface area contributed by atoms with Gasteiger partial charge in [0.05, 0.1) is 18.8 Å². The molecule has 3 spiro atoms. The van der Waals surface area contributed by atoms with Crippen molar-refractivity contribution in [3.8, 4) is 0 Å². The standard InChI is InChI=1S/C37H58O10/c1-18-15-21-28(32(5,6)45-19(2)38)47-37(46-21)27(18)33(7)13-14-36-17-35(36)12-11-24(44-29-26(41)25(40)20(39)16-43-29)31(3,4)22(35)9-10-23(36)34(33,8)30(37)42/h18,20-30,39-42H,9-17H2,1-8H3/t18-,20-,21-,22?,23+,24+,25+,26-,27-,28+,29+,30-,33-,34-,35-,36+,37+/m1/s1. The molecule has 1 unspecified atom stereocenters. The predicted octanol–water partition coefficient (Wildman–Crippen LogP) is 3.69. The van der Waals surface area contributed by atoms with Gasteiger partial charge in [-0.25, -0.2) is 0 Å². The Morgan fingerprint density at radius 3 is 2.28 bits per heavy atom. The molecular weight excluding hydrogens is 604 g/mol. The SMILES string of the molecule is CC(=O)OC(C)(C)[C@H]1O[C@@]23O[C@@H]1C[C@@H](C)[C@@H]2[C@@]1(C)CC[C@@]24C[C@@]25CC[C@H](O[C@@H]2OC[C@@H](O)[C@H](O)[C@H]2O)C(C)(C)C5CC[C@H]4[C@]1(C)[C@H]3O. The van der Waals surface area contributed by atoms with E-state index in [2.05, 4.69) is 34.6 Å². The summed E-state index contributed by atoms with van der Waals surface area (Å²) in [5.41, 5.74) is -1.36. The lowest BCUT2D eigenvalue weighted by Crippen LogP contribution is -2.61. The molecular formula is C37H58O10. The number of ether oxygens (including phenoxy) is 5. The summed E-state index contributed by atoms with van der Waals surface area (Å²) in [6.45, 7) is 16.8. The number of carbonyl (C=O) groups excluding carboxylic acids is 1. The average molecular weight is 663 g/mol. The summed E-state index contributed by atoms with van der Waals surface area (Å²) in [5.74, 6) is -0.402. The second-order valence-electron chi connectivity index (χ2n) is 18.8. The van der Waals surface area contributed by atoms with Crippen LogP contribution in [0.15, 0.2) is 0 Å². The zero-order valence-electron chi connectivity index (χ0n) is 29.5. The minimum absolute atomic E-state index is 0.0329. The van der Waals surface area contributed by atoms with Crippen LogP contribution < -0.4 is 0 Å². The fraction of sp³-hybridized carbons (Fsp3) is 0.973. The predicted molar refractivity (Wildman–Crippen MR) is 168 cm³/mol. The smallest absolute Gasteiger partial charge is 0.303 e. The van der Waals surface area contributed by atoms with Crippen molar-refractivity contribution in [1.82, 2.24) is 0 Å². The Bertz CT molecular complexity index is 1320. The second kappa shape index (κ2) is 9.93. The van der Waals surface area contributed by atoms with Gasteiger partial charge in [-0.2, -0.15) is 0 Å². The third-order valence-corrected chi connectivity index (χ3v) is 16.3. The summed E-state index contributed by atoms with van der Waals surface area (Å²) >= 11 is 0. The monoisotopic (exact) mass is 662 g/mol. The Labute approximate surface area is 279 Å².